The molecule has 25 heavy (non-hydrogen) atoms. The van der Waals surface area contributed by atoms with E-state index < -0.39 is 5.97 Å². The number of benzene rings is 2. The lowest BCUT2D eigenvalue weighted by atomic mass is 10.1. The van der Waals surface area contributed by atoms with E-state index in [0.717, 1.165) is 11.1 Å². The first-order valence-electron chi connectivity index (χ1n) is 7.92. The Morgan fingerprint density at radius 1 is 1.08 bits per heavy atom. The highest BCUT2D eigenvalue weighted by atomic mass is 16.5. The number of rotatable bonds is 7. The van der Waals surface area contributed by atoms with Gasteiger partial charge in [0.2, 0.25) is 0 Å². The first-order chi connectivity index (χ1) is 12.1. The summed E-state index contributed by atoms with van der Waals surface area (Å²) in [5.74, 6) is -0.287. The maximum atomic E-state index is 11.9. The molecule has 2 aromatic carbocycles. The molecule has 0 aromatic heterocycles. The molecule has 0 saturated heterocycles. The summed E-state index contributed by atoms with van der Waals surface area (Å²) in [5, 5.41) is 2.78. The Bertz CT molecular complexity index is 740. The van der Waals surface area contributed by atoms with Crippen molar-refractivity contribution in [3.8, 4) is 5.75 Å². The number of nitrogens with one attached hydrogen (secondary N) is 1. The summed E-state index contributed by atoms with van der Waals surface area (Å²) < 4.78 is 10.2. The maximum absolute atomic E-state index is 11.9. The third kappa shape index (κ3) is 5.80. The predicted octanol–water partition coefficient (Wildman–Crippen LogP) is 3.13. The number of carbonyl (C=O) groups excluding carboxylic acids is 2. The number of methoxy groups -OCH3 is 1. The van der Waals surface area contributed by atoms with Crippen LogP contribution in [0.4, 0.5) is 0 Å². The van der Waals surface area contributed by atoms with Gasteiger partial charge >= 0.3 is 5.97 Å². The Kier molecular flexibility index (Phi) is 6.77. The number of hydrogen-bond donors (Lipinski definition) is 1. The molecule has 1 amide bonds. The summed E-state index contributed by atoms with van der Waals surface area (Å²) in [6, 6.07) is 16.7. The summed E-state index contributed by atoms with van der Waals surface area (Å²) in [6.45, 7) is 1.54. The third-order valence-corrected chi connectivity index (χ3v) is 3.56. The average Bonchev–Trinajstić information content (AvgIpc) is 2.65. The van der Waals surface area contributed by atoms with Gasteiger partial charge in [-0.15, -0.1) is 0 Å². The van der Waals surface area contributed by atoms with E-state index in [-0.39, 0.29) is 18.6 Å². The van der Waals surface area contributed by atoms with E-state index in [9.17, 15) is 9.59 Å². The average molecular weight is 339 g/mol. The Morgan fingerprint density at radius 3 is 2.48 bits per heavy atom. The van der Waals surface area contributed by atoms with Crippen molar-refractivity contribution in [1.82, 2.24) is 5.32 Å². The standard InChI is InChI=1S/C20H21NO4/c1-15(16-8-4-3-5-9-16)21-19(22)14-25-20(23)13-12-17-10-6-7-11-18(17)24-2/h3-13,15H,14H2,1-2H3,(H,21,22)/b13-12+/t15-/m0/s1. The highest BCUT2D eigenvalue weighted by Crippen LogP contribution is 2.18. The molecule has 0 aliphatic carbocycles. The van der Waals surface area contributed by atoms with Crippen molar-refractivity contribution in [2.24, 2.45) is 0 Å². The Morgan fingerprint density at radius 2 is 1.76 bits per heavy atom. The van der Waals surface area contributed by atoms with Crippen LogP contribution < -0.4 is 10.1 Å². The van der Waals surface area contributed by atoms with Gasteiger partial charge < -0.3 is 14.8 Å². The van der Waals surface area contributed by atoms with Crippen LogP contribution in [0.2, 0.25) is 0 Å². The van der Waals surface area contributed by atoms with Crippen LogP contribution in [0.3, 0.4) is 0 Å². The second kappa shape index (κ2) is 9.27. The zero-order valence-corrected chi connectivity index (χ0v) is 14.3. The number of ether oxygens (including phenoxy) is 2. The van der Waals surface area contributed by atoms with E-state index in [1.54, 1.807) is 19.3 Å². The second-order valence-electron chi connectivity index (χ2n) is 5.38. The van der Waals surface area contributed by atoms with Gasteiger partial charge in [-0.2, -0.15) is 0 Å². The van der Waals surface area contributed by atoms with Gasteiger partial charge in [0.25, 0.3) is 5.91 Å². The normalized spacial score (nSPS) is 11.8. The smallest absolute Gasteiger partial charge is 0.331 e. The molecule has 0 radical (unpaired) electrons. The number of esters is 1. The minimum Gasteiger partial charge on any atom is -0.496 e. The van der Waals surface area contributed by atoms with Crippen LogP contribution in [0.5, 0.6) is 5.75 Å². The van der Waals surface area contributed by atoms with Gasteiger partial charge in [-0.3, -0.25) is 4.79 Å². The van der Waals surface area contributed by atoms with Crippen molar-refractivity contribution in [2.75, 3.05) is 13.7 Å². The van der Waals surface area contributed by atoms with Crippen molar-refractivity contribution in [3.63, 3.8) is 0 Å². The van der Waals surface area contributed by atoms with Crippen LogP contribution >= 0.6 is 0 Å². The molecular weight excluding hydrogens is 318 g/mol. The van der Waals surface area contributed by atoms with Crippen molar-refractivity contribution >= 4 is 18.0 Å². The molecule has 0 aliphatic rings. The molecule has 0 aliphatic heterocycles. The minimum absolute atomic E-state index is 0.156. The van der Waals surface area contributed by atoms with Gasteiger partial charge in [0.05, 0.1) is 13.2 Å². The van der Waals surface area contributed by atoms with Gasteiger partial charge in [0.1, 0.15) is 5.75 Å². The van der Waals surface area contributed by atoms with Crippen molar-refractivity contribution < 1.29 is 19.1 Å². The fourth-order valence-corrected chi connectivity index (χ4v) is 2.25. The molecule has 130 valence electrons. The number of amides is 1. The quantitative estimate of drug-likeness (QED) is 0.622. The van der Waals surface area contributed by atoms with Gasteiger partial charge in [-0.25, -0.2) is 4.79 Å². The molecule has 5 nitrogen and oxygen atoms in total. The molecule has 0 unspecified atom stereocenters. The molecule has 1 atom stereocenters. The van der Waals surface area contributed by atoms with Gasteiger partial charge in [-0.1, -0.05) is 48.5 Å². The molecule has 2 aromatic rings. The molecule has 0 bridgehead atoms. The summed E-state index contributed by atoms with van der Waals surface area (Å²) in [7, 11) is 1.56. The summed E-state index contributed by atoms with van der Waals surface area (Å²) in [6.07, 6.45) is 2.86. The number of para-hydroxylation sites is 1. The van der Waals surface area contributed by atoms with Crippen molar-refractivity contribution in [3.05, 3.63) is 71.8 Å². The number of hydrogen-bond acceptors (Lipinski definition) is 4. The predicted molar refractivity (Wildman–Crippen MR) is 96.0 cm³/mol. The molecule has 0 heterocycles. The molecule has 1 N–H and O–H groups in total. The van der Waals surface area contributed by atoms with E-state index in [1.807, 2.05) is 55.5 Å². The second-order valence-corrected chi connectivity index (χ2v) is 5.38. The first-order valence-corrected chi connectivity index (χ1v) is 7.92. The topological polar surface area (TPSA) is 64.6 Å². The monoisotopic (exact) mass is 339 g/mol. The first kappa shape index (κ1) is 18.3. The van der Waals surface area contributed by atoms with Crippen LogP contribution in [0, 0.1) is 0 Å². The summed E-state index contributed by atoms with van der Waals surface area (Å²) in [4.78, 5) is 23.6. The fraction of sp³-hybridized carbons (Fsp3) is 0.200. The highest BCUT2D eigenvalue weighted by molar-refractivity contribution is 5.89. The lowest BCUT2D eigenvalue weighted by molar-refractivity contribution is -0.144. The Balaban J connectivity index is 1.81. The third-order valence-electron chi connectivity index (χ3n) is 3.56. The van der Waals surface area contributed by atoms with Crippen molar-refractivity contribution in [1.29, 1.82) is 0 Å². The maximum Gasteiger partial charge on any atom is 0.331 e. The van der Waals surface area contributed by atoms with Crippen LogP contribution in [0.25, 0.3) is 6.08 Å². The zero-order chi connectivity index (χ0) is 18.1. The molecular formula is C20H21NO4. The van der Waals surface area contributed by atoms with Gasteiger partial charge in [0.15, 0.2) is 6.61 Å². The molecule has 0 fully saturated rings. The van der Waals surface area contributed by atoms with E-state index >= 15 is 0 Å². The highest BCUT2D eigenvalue weighted by Gasteiger charge is 2.10. The molecule has 5 heteroatoms. The molecule has 0 spiro atoms. The van der Waals surface area contributed by atoms with Crippen molar-refractivity contribution in [2.45, 2.75) is 13.0 Å². The van der Waals surface area contributed by atoms with Crippen LogP contribution in [0.15, 0.2) is 60.7 Å². The van der Waals surface area contributed by atoms with E-state index in [1.165, 1.54) is 6.08 Å². The lowest BCUT2D eigenvalue weighted by Gasteiger charge is -2.14. The van der Waals surface area contributed by atoms with E-state index in [0.29, 0.717) is 5.75 Å². The lowest BCUT2D eigenvalue weighted by Crippen LogP contribution is -2.30. The van der Waals surface area contributed by atoms with Gasteiger partial charge in [-0.05, 0) is 24.6 Å². The molecule has 0 saturated carbocycles. The minimum atomic E-state index is -0.589. The van der Waals surface area contributed by atoms with Crippen LogP contribution in [0.1, 0.15) is 24.1 Å². The van der Waals surface area contributed by atoms with Crippen LogP contribution in [-0.2, 0) is 14.3 Å². The Labute approximate surface area is 147 Å². The largest absolute Gasteiger partial charge is 0.496 e. The summed E-state index contributed by atoms with van der Waals surface area (Å²) >= 11 is 0. The van der Waals surface area contributed by atoms with E-state index in [2.05, 4.69) is 5.32 Å². The number of carbonyl (C=O) groups is 2. The van der Waals surface area contributed by atoms with E-state index in [4.69, 9.17) is 9.47 Å². The Hall–Kier alpha value is -3.08. The van der Waals surface area contributed by atoms with Gasteiger partial charge in [0, 0.05) is 11.6 Å². The van der Waals surface area contributed by atoms with Crippen LogP contribution in [-0.4, -0.2) is 25.6 Å². The zero-order valence-electron chi connectivity index (χ0n) is 14.3. The fourth-order valence-electron chi connectivity index (χ4n) is 2.25. The SMILES string of the molecule is COc1ccccc1/C=C/C(=O)OCC(=O)N[C@@H](C)c1ccccc1. The molecule has 2 rings (SSSR count). The summed E-state index contributed by atoms with van der Waals surface area (Å²) in [5.41, 5.74) is 1.74.